The number of amides is 1. The molecule has 20 heavy (non-hydrogen) atoms. The summed E-state index contributed by atoms with van der Waals surface area (Å²) in [5.41, 5.74) is 1.35. The number of benzene rings is 1. The molecule has 0 atom stereocenters. The predicted molar refractivity (Wildman–Crippen MR) is 81.3 cm³/mol. The van der Waals surface area contributed by atoms with Crippen LogP contribution in [0.3, 0.4) is 0 Å². The molecule has 0 aliphatic heterocycles. The number of hydrogen-bond acceptors (Lipinski definition) is 4. The van der Waals surface area contributed by atoms with Gasteiger partial charge >= 0.3 is 0 Å². The van der Waals surface area contributed by atoms with Gasteiger partial charge in [-0.2, -0.15) is 0 Å². The molecule has 2 rings (SSSR count). The Morgan fingerprint density at radius 1 is 1.40 bits per heavy atom. The third kappa shape index (κ3) is 4.12. The lowest BCUT2D eigenvalue weighted by Gasteiger charge is -2.07. The number of anilines is 1. The van der Waals surface area contributed by atoms with Crippen LogP contribution in [0.4, 0.5) is 5.69 Å². The molecule has 2 aromatic rings. The van der Waals surface area contributed by atoms with Crippen molar-refractivity contribution in [2.75, 3.05) is 11.9 Å². The minimum atomic E-state index is -0.200. The molecule has 0 fully saturated rings. The number of carbonyl (C=O) groups is 1. The highest BCUT2D eigenvalue weighted by molar-refractivity contribution is 9.11. The number of carbonyl (C=O) groups excluding carboxylic acids is 1. The van der Waals surface area contributed by atoms with Crippen LogP contribution in [-0.2, 0) is 17.8 Å². The first kappa shape index (κ1) is 15.1. The standard InChI is InChI=1S/C12H12Br2N4O2/c13-8-1-2-11(10(14)5-8)15-12(20)7-18-6-9(3-4-19)16-17-18/h1-2,5-6,19H,3-4,7H2,(H,15,20). The van der Waals surface area contributed by atoms with Crippen molar-refractivity contribution in [3.05, 3.63) is 39.0 Å². The molecule has 8 heteroatoms. The summed E-state index contributed by atoms with van der Waals surface area (Å²) in [6.07, 6.45) is 2.08. The Balaban J connectivity index is 1.97. The largest absolute Gasteiger partial charge is 0.396 e. The van der Waals surface area contributed by atoms with Gasteiger partial charge in [0.1, 0.15) is 6.54 Å². The third-order valence-corrected chi connectivity index (χ3v) is 3.61. The van der Waals surface area contributed by atoms with Gasteiger partial charge in [-0.15, -0.1) is 5.10 Å². The van der Waals surface area contributed by atoms with Crippen molar-refractivity contribution in [2.45, 2.75) is 13.0 Å². The summed E-state index contributed by atoms with van der Waals surface area (Å²) < 4.78 is 3.15. The van der Waals surface area contributed by atoms with E-state index in [0.717, 1.165) is 8.95 Å². The average Bonchev–Trinajstić information content (AvgIpc) is 2.81. The van der Waals surface area contributed by atoms with Crippen LogP contribution < -0.4 is 5.32 Å². The van der Waals surface area contributed by atoms with Crippen molar-refractivity contribution in [1.29, 1.82) is 0 Å². The van der Waals surface area contributed by atoms with Gasteiger partial charge in [0, 0.05) is 28.2 Å². The maximum atomic E-state index is 11.9. The van der Waals surface area contributed by atoms with E-state index in [2.05, 4.69) is 47.5 Å². The molecular formula is C12H12Br2N4O2. The van der Waals surface area contributed by atoms with E-state index in [4.69, 9.17) is 5.11 Å². The Hall–Kier alpha value is -1.25. The fourth-order valence-electron chi connectivity index (χ4n) is 1.57. The number of nitrogens with zero attached hydrogens (tertiary/aromatic N) is 3. The van der Waals surface area contributed by atoms with Gasteiger partial charge in [-0.1, -0.05) is 21.1 Å². The molecule has 6 nitrogen and oxygen atoms in total. The van der Waals surface area contributed by atoms with Crippen LogP contribution in [0.1, 0.15) is 5.69 Å². The lowest BCUT2D eigenvalue weighted by molar-refractivity contribution is -0.116. The van der Waals surface area contributed by atoms with Gasteiger partial charge in [0.05, 0.1) is 11.4 Å². The number of aliphatic hydroxyl groups excluding tert-OH is 1. The number of rotatable bonds is 5. The van der Waals surface area contributed by atoms with E-state index in [-0.39, 0.29) is 19.1 Å². The predicted octanol–water partition coefficient (Wildman–Crippen LogP) is 1.98. The Kier molecular flexibility index (Phi) is 5.27. The SMILES string of the molecule is O=C(Cn1cc(CCO)nn1)Nc1ccc(Br)cc1Br. The van der Waals surface area contributed by atoms with Gasteiger partial charge in [-0.3, -0.25) is 4.79 Å². The number of aliphatic hydroxyl groups is 1. The van der Waals surface area contributed by atoms with Crippen LogP contribution in [0.25, 0.3) is 0 Å². The first-order valence-corrected chi connectivity index (χ1v) is 7.42. The van der Waals surface area contributed by atoms with Gasteiger partial charge < -0.3 is 10.4 Å². The summed E-state index contributed by atoms with van der Waals surface area (Å²) in [5, 5.41) is 19.3. The molecule has 1 aromatic carbocycles. The highest BCUT2D eigenvalue weighted by Crippen LogP contribution is 2.26. The van der Waals surface area contributed by atoms with Crippen LogP contribution in [0, 0.1) is 0 Å². The molecule has 0 spiro atoms. The summed E-state index contributed by atoms with van der Waals surface area (Å²) >= 11 is 6.73. The number of hydrogen-bond donors (Lipinski definition) is 2. The Morgan fingerprint density at radius 2 is 2.20 bits per heavy atom. The first-order chi connectivity index (χ1) is 9.58. The van der Waals surface area contributed by atoms with E-state index in [1.807, 2.05) is 12.1 Å². The molecule has 0 radical (unpaired) electrons. The first-order valence-electron chi connectivity index (χ1n) is 5.83. The van der Waals surface area contributed by atoms with Crippen LogP contribution in [0.5, 0.6) is 0 Å². The minimum absolute atomic E-state index is 0.0106. The Bertz CT molecular complexity index is 615. The van der Waals surface area contributed by atoms with Crippen molar-refractivity contribution < 1.29 is 9.90 Å². The monoisotopic (exact) mass is 402 g/mol. The molecule has 1 amide bonds. The fourth-order valence-corrected chi connectivity index (χ4v) is 2.72. The van der Waals surface area contributed by atoms with Crippen LogP contribution >= 0.6 is 31.9 Å². The van der Waals surface area contributed by atoms with E-state index in [1.165, 1.54) is 4.68 Å². The summed E-state index contributed by atoms with van der Waals surface area (Å²) in [5.74, 6) is -0.200. The molecule has 0 aliphatic carbocycles. The van der Waals surface area contributed by atoms with Crippen molar-refractivity contribution in [1.82, 2.24) is 15.0 Å². The molecule has 1 aromatic heterocycles. The topological polar surface area (TPSA) is 80.0 Å². The van der Waals surface area contributed by atoms with E-state index in [0.29, 0.717) is 17.8 Å². The van der Waals surface area contributed by atoms with Gasteiger partial charge in [0.2, 0.25) is 5.91 Å². The lowest BCUT2D eigenvalue weighted by Crippen LogP contribution is -2.19. The number of nitrogens with one attached hydrogen (secondary N) is 1. The Labute approximate surface area is 132 Å². The van der Waals surface area contributed by atoms with Crippen molar-refractivity contribution in [2.24, 2.45) is 0 Å². The molecule has 1 heterocycles. The van der Waals surface area contributed by atoms with Crippen molar-refractivity contribution in [3.63, 3.8) is 0 Å². The normalized spacial score (nSPS) is 10.6. The fraction of sp³-hybridized carbons (Fsp3) is 0.250. The zero-order chi connectivity index (χ0) is 14.5. The number of halogens is 2. The molecule has 0 unspecified atom stereocenters. The minimum Gasteiger partial charge on any atom is -0.396 e. The lowest BCUT2D eigenvalue weighted by atomic mass is 10.3. The van der Waals surface area contributed by atoms with Crippen LogP contribution in [0.15, 0.2) is 33.3 Å². The summed E-state index contributed by atoms with van der Waals surface area (Å²) in [7, 11) is 0. The van der Waals surface area contributed by atoms with Crippen molar-refractivity contribution >= 4 is 43.5 Å². The summed E-state index contributed by atoms with van der Waals surface area (Å²) in [4.78, 5) is 11.9. The summed E-state index contributed by atoms with van der Waals surface area (Å²) in [6.45, 7) is 0.0810. The molecule has 0 saturated carbocycles. The van der Waals surface area contributed by atoms with Crippen molar-refractivity contribution in [3.8, 4) is 0 Å². The molecule has 0 bridgehead atoms. The van der Waals surface area contributed by atoms with E-state index < -0.39 is 0 Å². The van der Waals surface area contributed by atoms with Crippen LogP contribution in [-0.4, -0.2) is 32.6 Å². The summed E-state index contributed by atoms with van der Waals surface area (Å²) in [6, 6.07) is 5.49. The molecule has 106 valence electrons. The van der Waals surface area contributed by atoms with E-state index in [9.17, 15) is 4.79 Å². The van der Waals surface area contributed by atoms with Gasteiger partial charge in [-0.05, 0) is 34.1 Å². The highest BCUT2D eigenvalue weighted by Gasteiger charge is 2.08. The second-order valence-electron chi connectivity index (χ2n) is 4.05. The van der Waals surface area contributed by atoms with Crippen LogP contribution in [0.2, 0.25) is 0 Å². The van der Waals surface area contributed by atoms with E-state index in [1.54, 1.807) is 12.3 Å². The maximum absolute atomic E-state index is 11.9. The highest BCUT2D eigenvalue weighted by atomic mass is 79.9. The molecular weight excluding hydrogens is 392 g/mol. The Morgan fingerprint density at radius 3 is 2.90 bits per heavy atom. The zero-order valence-corrected chi connectivity index (χ0v) is 13.6. The third-order valence-electron chi connectivity index (χ3n) is 2.46. The second kappa shape index (κ2) is 6.96. The number of aromatic nitrogens is 3. The molecule has 0 aliphatic rings. The maximum Gasteiger partial charge on any atom is 0.246 e. The molecule has 0 saturated heterocycles. The smallest absolute Gasteiger partial charge is 0.246 e. The van der Waals surface area contributed by atoms with Gasteiger partial charge in [0.25, 0.3) is 0 Å². The van der Waals surface area contributed by atoms with Gasteiger partial charge in [-0.25, -0.2) is 4.68 Å². The quantitative estimate of drug-likeness (QED) is 0.799. The van der Waals surface area contributed by atoms with E-state index >= 15 is 0 Å². The molecule has 2 N–H and O–H groups in total. The zero-order valence-electron chi connectivity index (χ0n) is 10.4. The van der Waals surface area contributed by atoms with Gasteiger partial charge in [0.15, 0.2) is 0 Å². The second-order valence-corrected chi connectivity index (χ2v) is 5.82. The average molecular weight is 404 g/mol.